The summed E-state index contributed by atoms with van der Waals surface area (Å²) in [5.41, 5.74) is 3.70. The summed E-state index contributed by atoms with van der Waals surface area (Å²) in [7, 11) is 0. The highest BCUT2D eigenvalue weighted by atomic mass is 32.2. The number of aromatic nitrogens is 2. The van der Waals surface area contributed by atoms with E-state index in [0.29, 0.717) is 33.7 Å². The Balaban J connectivity index is 1.68. The van der Waals surface area contributed by atoms with Crippen LogP contribution in [0.1, 0.15) is 78.3 Å². The maximum absolute atomic E-state index is 13.5. The zero-order valence-electron chi connectivity index (χ0n) is 21.8. The van der Waals surface area contributed by atoms with Crippen LogP contribution >= 0.6 is 11.8 Å². The number of carbonyl (C=O) groups is 2. The molecule has 1 aliphatic carbocycles. The molecule has 1 aromatic heterocycles. The largest absolute Gasteiger partial charge is 0.349 e. The fourth-order valence-electron chi connectivity index (χ4n) is 4.64. The molecule has 36 heavy (non-hydrogen) atoms. The van der Waals surface area contributed by atoms with E-state index in [9.17, 15) is 14.4 Å². The van der Waals surface area contributed by atoms with Crippen molar-refractivity contribution in [2.45, 2.75) is 83.3 Å². The number of hydrogen-bond acceptors (Lipinski definition) is 5. The minimum atomic E-state index is -0.427. The number of rotatable bonds is 8. The van der Waals surface area contributed by atoms with E-state index in [2.05, 4.69) is 5.32 Å². The predicted octanol–water partition coefficient (Wildman–Crippen LogP) is 5.71. The lowest BCUT2D eigenvalue weighted by molar-refractivity contribution is 0.0937. The zero-order chi connectivity index (χ0) is 26.0. The van der Waals surface area contributed by atoms with Crippen LogP contribution in [0.25, 0.3) is 10.9 Å². The number of nitrogens with one attached hydrogen (secondary N) is 1. The Labute approximate surface area is 216 Å². The topological polar surface area (TPSA) is 81.1 Å². The number of nitrogens with zero attached hydrogens (tertiary/aromatic N) is 2. The highest BCUT2D eigenvalue weighted by Gasteiger charge is 2.23. The van der Waals surface area contributed by atoms with Gasteiger partial charge in [0.2, 0.25) is 0 Å². The van der Waals surface area contributed by atoms with Gasteiger partial charge in [0.05, 0.1) is 16.2 Å². The average Bonchev–Trinajstić information content (AvgIpc) is 3.35. The van der Waals surface area contributed by atoms with E-state index in [4.69, 9.17) is 4.98 Å². The summed E-state index contributed by atoms with van der Waals surface area (Å²) in [6.07, 6.45) is 4.29. The number of benzene rings is 2. The number of ketones is 1. The first-order valence-corrected chi connectivity index (χ1v) is 13.7. The minimum absolute atomic E-state index is 0.00163. The van der Waals surface area contributed by atoms with Crippen LogP contribution in [0.2, 0.25) is 0 Å². The maximum atomic E-state index is 13.5. The Morgan fingerprint density at radius 1 is 1.03 bits per heavy atom. The molecule has 0 saturated heterocycles. The van der Waals surface area contributed by atoms with Crippen LogP contribution < -0.4 is 10.9 Å². The molecule has 1 heterocycles. The van der Waals surface area contributed by atoms with Gasteiger partial charge in [0.1, 0.15) is 0 Å². The summed E-state index contributed by atoms with van der Waals surface area (Å²) in [6.45, 7) is 10.5. The quantitative estimate of drug-likeness (QED) is 0.241. The van der Waals surface area contributed by atoms with Gasteiger partial charge >= 0.3 is 0 Å². The first kappa shape index (κ1) is 26.1. The number of Topliss-reactive ketones (excluding diaryl/α,β-unsaturated/α-hetero) is 1. The van der Waals surface area contributed by atoms with Crippen molar-refractivity contribution in [3.8, 4) is 0 Å². The number of carbonyl (C=O) groups excluding carboxylic acids is 2. The Kier molecular flexibility index (Phi) is 7.98. The predicted molar refractivity (Wildman–Crippen MR) is 146 cm³/mol. The molecule has 1 amide bonds. The Bertz CT molecular complexity index is 1360. The van der Waals surface area contributed by atoms with E-state index in [1.165, 1.54) is 11.8 Å². The van der Waals surface area contributed by atoms with Gasteiger partial charge in [-0.2, -0.15) is 0 Å². The molecule has 190 valence electrons. The van der Waals surface area contributed by atoms with Crippen molar-refractivity contribution in [3.63, 3.8) is 0 Å². The van der Waals surface area contributed by atoms with Crippen molar-refractivity contribution in [1.82, 2.24) is 14.9 Å². The fraction of sp³-hybridized carbons (Fsp3) is 0.448. The van der Waals surface area contributed by atoms with E-state index in [1.54, 1.807) is 22.8 Å². The normalized spacial score (nSPS) is 14.9. The van der Waals surface area contributed by atoms with Crippen LogP contribution in [0.3, 0.4) is 0 Å². The molecule has 0 aliphatic heterocycles. The molecule has 6 nitrogen and oxygen atoms in total. The third-order valence-electron chi connectivity index (χ3n) is 6.86. The van der Waals surface area contributed by atoms with Gasteiger partial charge in [0.15, 0.2) is 10.9 Å². The summed E-state index contributed by atoms with van der Waals surface area (Å²) < 4.78 is 1.67. The number of amides is 1. The van der Waals surface area contributed by atoms with Crippen molar-refractivity contribution in [3.05, 3.63) is 69.0 Å². The molecule has 7 heteroatoms. The maximum Gasteiger partial charge on any atom is 0.262 e. The molecule has 1 saturated carbocycles. The number of aryl methyl sites for hydroxylation is 2. The summed E-state index contributed by atoms with van der Waals surface area (Å²) in [4.78, 5) is 44.3. The van der Waals surface area contributed by atoms with E-state index in [1.807, 2.05) is 52.8 Å². The Hall–Kier alpha value is -2.93. The van der Waals surface area contributed by atoms with Crippen LogP contribution in [-0.2, 0) is 6.54 Å². The summed E-state index contributed by atoms with van der Waals surface area (Å²) in [5, 5.41) is 3.65. The molecule has 1 fully saturated rings. The van der Waals surface area contributed by atoms with E-state index in [-0.39, 0.29) is 29.2 Å². The van der Waals surface area contributed by atoms with Gasteiger partial charge in [-0.1, -0.05) is 50.6 Å². The minimum Gasteiger partial charge on any atom is -0.349 e. The third kappa shape index (κ3) is 5.72. The number of hydrogen-bond donors (Lipinski definition) is 1. The molecule has 0 unspecified atom stereocenters. The average molecular weight is 506 g/mol. The smallest absolute Gasteiger partial charge is 0.262 e. The lowest BCUT2D eigenvalue weighted by atomic mass is 10.0. The lowest BCUT2D eigenvalue weighted by Gasteiger charge is -2.18. The fourth-order valence-corrected chi connectivity index (χ4v) is 5.63. The first-order valence-electron chi connectivity index (χ1n) is 12.8. The zero-order valence-corrected chi connectivity index (χ0v) is 22.6. The second-order valence-corrected chi connectivity index (χ2v) is 11.6. The molecule has 1 atom stereocenters. The molecule has 1 aliphatic rings. The Morgan fingerprint density at radius 2 is 1.72 bits per heavy atom. The van der Waals surface area contributed by atoms with Crippen molar-refractivity contribution >= 4 is 34.4 Å². The molecule has 0 radical (unpaired) electrons. The van der Waals surface area contributed by atoms with Crippen LogP contribution in [0.15, 0.2) is 46.3 Å². The summed E-state index contributed by atoms with van der Waals surface area (Å²) in [6, 6.07) is 11.0. The lowest BCUT2D eigenvalue weighted by Crippen LogP contribution is -2.32. The first-order chi connectivity index (χ1) is 17.1. The summed E-state index contributed by atoms with van der Waals surface area (Å²) in [5.74, 6) is 0.0891. The number of fused-ring (bicyclic) bond motifs is 1. The van der Waals surface area contributed by atoms with E-state index in [0.717, 1.165) is 36.8 Å². The van der Waals surface area contributed by atoms with Crippen LogP contribution in [-0.4, -0.2) is 32.5 Å². The molecular weight excluding hydrogens is 470 g/mol. The van der Waals surface area contributed by atoms with Gasteiger partial charge in [-0.3, -0.25) is 19.0 Å². The van der Waals surface area contributed by atoms with Crippen molar-refractivity contribution in [1.29, 1.82) is 0 Å². The highest BCUT2D eigenvalue weighted by molar-refractivity contribution is 8.00. The molecule has 4 rings (SSSR count). The van der Waals surface area contributed by atoms with Crippen LogP contribution in [0.5, 0.6) is 0 Å². The Morgan fingerprint density at radius 3 is 2.39 bits per heavy atom. The molecule has 2 aromatic carbocycles. The van der Waals surface area contributed by atoms with E-state index < -0.39 is 5.25 Å². The SMILES string of the molecule is Cc1ccc(C(=O)[C@H](C)Sc2nc3cc(C(=O)NC4CCCC4)ccc3c(=O)n2CC(C)C)cc1C. The van der Waals surface area contributed by atoms with Gasteiger partial charge in [-0.15, -0.1) is 0 Å². The van der Waals surface area contributed by atoms with Gasteiger partial charge in [0.25, 0.3) is 11.5 Å². The second-order valence-electron chi connectivity index (χ2n) is 10.3. The van der Waals surface area contributed by atoms with Gasteiger partial charge in [0, 0.05) is 23.7 Å². The van der Waals surface area contributed by atoms with Crippen molar-refractivity contribution in [2.24, 2.45) is 5.92 Å². The molecular formula is C29H35N3O3S. The van der Waals surface area contributed by atoms with E-state index >= 15 is 0 Å². The molecule has 0 bridgehead atoms. The van der Waals surface area contributed by atoms with Crippen molar-refractivity contribution in [2.75, 3.05) is 0 Å². The van der Waals surface area contributed by atoms with Gasteiger partial charge in [-0.05, 0) is 74.9 Å². The second kappa shape index (κ2) is 11.0. The van der Waals surface area contributed by atoms with Crippen LogP contribution in [0, 0.1) is 19.8 Å². The third-order valence-corrected chi connectivity index (χ3v) is 7.95. The van der Waals surface area contributed by atoms with Crippen molar-refractivity contribution < 1.29 is 9.59 Å². The molecule has 1 N–H and O–H groups in total. The number of thioether (sulfide) groups is 1. The van der Waals surface area contributed by atoms with Gasteiger partial charge < -0.3 is 5.32 Å². The molecule has 3 aromatic rings. The summed E-state index contributed by atoms with van der Waals surface area (Å²) >= 11 is 1.30. The molecule has 0 spiro atoms. The standard InChI is InChI=1S/C29H35N3O3S/c1-17(2)16-32-28(35)24-13-12-22(27(34)30-23-8-6-7-9-23)15-25(24)31-29(32)36-20(5)26(33)21-11-10-18(3)19(4)14-21/h10-15,17,20,23H,6-9,16H2,1-5H3,(H,30,34)/t20-/m0/s1. The van der Waals surface area contributed by atoms with Crippen LogP contribution in [0.4, 0.5) is 0 Å². The highest BCUT2D eigenvalue weighted by Crippen LogP contribution is 2.27. The monoisotopic (exact) mass is 505 g/mol. The van der Waals surface area contributed by atoms with Gasteiger partial charge in [-0.25, -0.2) is 4.98 Å².